The summed E-state index contributed by atoms with van der Waals surface area (Å²) in [5.41, 5.74) is 0.877. The third kappa shape index (κ3) is 4.09. The Morgan fingerprint density at radius 1 is 1.53 bits per heavy atom. The van der Waals surface area contributed by atoms with Crippen molar-refractivity contribution in [3.63, 3.8) is 0 Å². The van der Waals surface area contributed by atoms with Gasteiger partial charge < -0.3 is 15.5 Å². The molecule has 0 bridgehead atoms. The number of amides is 1. The normalized spacial score (nSPS) is 12.1. The van der Waals surface area contributed by atoms with Crippen LogP contribution in [0.2, 0.25) is 0 Å². The molecule has 1 rings (SSSR count). The molecule has 0 aromatic carbocycles. The fourth-order valence-corrected chi connectivity index (χ4v) is 1.61. The summed E-state index contributed by atoms with van der Waals surface area (Å²) >= 11 is 1.49. The van der Waals surface area contributed by atoms with Crippen LogP contribution >= 0.6 is 11.3 Å². The van der Waals surface area contributed by atoms with E-state index in [1.165, 1.54) is 11.3 Å². The van der Waals surface area contributed by atoms with Gasteiger partial charge in [0.15, 0.2) is 6.10 Å². The Bertz CT molecular complexity index is 336. The minimum absolute atomic E-state index is 0.204. The van der Waals surface area contributed by atoms with Crippen molar-refractivity contribution in [2.24, 2.45) is 0 Å². The third-order valence-electron chi connectivity index (χ3n) is 1.72. The summed E-state index contributed by atoms with van der Waals surface area (Å²) in [5.74, 6) is -1.64. The summed E-state index contributed by atoms with van der Waals surface area (Å²) in [6.45, 7) is -0.266. The van der Waals surface area contributed by atoms with Gasteiger partial charge in [0.25, 0.3) is 0 Å². The van der Waals surface area contributed by atoms with Crippen molar-refractivity contribution in [3.8, 4) is 0 Å². The number of rotatable bonds is 5. The van der Waals surface area contributed by atoms with Crippen molar-refractivity contribution in [1.82, 2.24) is 5.32 Å². The number of carbonyl (C=O) groups is 2. The Labute approximate surface area is 90.4 Å². The lowest BCUT2D eigenvalue weighted by molar-refractivity contribution is -0.146. The largest absolute Gasteiger partial charge is 0.479 e. The van der Waals surface area contributed by atoms with Crippen LogP contribution in [0.3, 0.4) is 0 Å². The van der Waals surface area contributed by atoms with Crippen LogP contribution in [-0.2, 0) is 16.0 Å². The Balaban J connectivity index is 2.28. The molecule has 1 amide bonds. The number of aliphatic hydroxyl groups excluding tert-OH is 1. The van der Waals surface area contributed by atoms with Crippen LogP contribution in [0.4, 0.5) is 0 Å². The predicted octanol–water partition coefficient (Wildman–Crippen LogP) is -0.148. The smallest absolute Gasteiger partial charge is 0.334 e. The zero-order valence-corrected chi connectivity index (χ0v) is 8.66. The molecular formula is C9H11NO4S. The van der Waals surface area contributed by atoms with Crippen LogP contribution < -0.4 is 5.32 Å². The topological polar surface area (TPSA) is 86.6 Å². The lowest BCUT2D eigenvalue weighted by atomic mass is 10.2. The molecule has 5 nitrogen and oxygen atoms in total. The van der Waals surface area contributed by atoms with E-state index < -0.39 is 12.1 Å². The number of thiophene rings is 1. The monoisotopic (exact) mass is 229 g/mol. The van der Waals surface area contributed by atoms with Crippen molar-refractivity contribution in [2.45, 2.75) is 12.5 Å². The summed E-state index contributed by atoms with van der Waals surface area (Å²) in [5, 5.41) is 23.3. The molecule has 1 aromatic rings. The van der Waals surface area contributed by atoms with Gasteiger partial charge >= 0.3 is 5.97 Å². The van der Waals surface area contributed by atoms with Crippen molar-refractivity contribution in [3.05, 3.63) is 22.4 Å². The van der Waals surface area contributed by atoms with E-state index in [0.717, 1.165) is 5.56 Å². The first-order chi connectivity index (χ1) is 7.09. The number of hydrogen-bond donors (Lipinski definition) is 3. The molecule has 0 saturated heterocycles. The zero-order valence-electron chi connectivity index (χ0n) is 7.84. The maximum Gasteiger partial charge on any atom is 0.334 e. The van der Waals surface area contributed by atoms with Crippen molar-refractivity contribution in [1.29, 1.82) is 0 Å². The first kappa shape index (κ1) is 11.7. The molecular weight excluding hydrogens is 218 g/mol. The number of carbonyl (C=O) groups excluding carboxylic acids is 1. The second-order valence-electron chi connectivity index (χ2n) is 2.97. The van der Waals surface area contributed by atoms with Gasteiger partial charge in [-0.15, -0.1) is 0 Å². The molecule has 1 atom stereocenters. The molecule has 82 valence electrons. The molecule has 15 heavy (non-hydrogen) atoms. The van der Waals surface area contributed by atoms with E-state index in [-0.39, 0.29) is 18.9 Å². The number of nitrogens with one attached hydrogen (secondary N) is 1. The first-order valence-electron chi connectivity index (χ1n) is 4.28. The van der Waals surface area contributed by atoms with Gasteiger partial charge in [0.2, 0.25) is 5.91 Å². The molecule has 0 saturated carbocycles. The highest BCUT2D eigenvalue weighted by Crippen LogP contribution is 2.06. The summed E-state index contributed by atoms with van der Waals surface area (Å²) in [6.07, 6.45) is -1.34. The number of aliphatic hydroxyl groups is 1. The molecule has 0 aliphatic carbocycles. The van der Waals surface area contributed by atoms with Gasteiger partial charge in [0.05, 0.1) is 13.0 Å². The van der Waals surface area contributed by atoms with E-state index in [1.54, 1.807) is 0 Å². The maximum absolute atomic E-state index is 11.2. The van der Waals surface area contributed by atoms with Gasteiger partial charge in [0.1, 0.15) is 0 Å². The maximum atomic E-state index is 11.2. The predicted molar refractivity (Wildman–Crippen MR) is 54.7 cm³/mol. The number of carboxylic acid groups (broad SMARTS) is 1. The van der Waals surface area contributed by atoms with Gasteiger partial charge in [-0.2, -0.15) is 11.3 Å². The second-order valence-corrected chi connectivity index (χ2v) is 3.75. The molecule has 0 fully saturated rings. The number of aliphatic carboxylic acids is 1. The van der Waals surface area contributed by atoms with Gasteiger partial charge in [-0.05, 0) is 22.4 Å². The van der Waals surface area contributed by atoms with E-state index >= 15 is 0 Å². The van der Waals surface area contributed by atoms with Gasteiger partial charge in [-0.3, -0.25) is 4.79 Å². The Hall–Kier alpha value is -1.40. The Morgan fingerprint density at radius 2 is 2.27 bits per heavy atom. The molecule has 0 aliphatic rings. The molecule has 0 radical (unpaired) electrons. The number of carboxylic acids is 1. The average molecular weight is 229 g/mol. The lowest BCUT2D eigenvalue weighted by Gasteiger charge is -2.06. The summed E-state index contributed by atoms with van der Waals surface area (Å²) < 4.78 is 0. The first-order valence-corrected chi connectivity index (χ1v) is 5.22. The van der Waals surface area contributed by atoms with Gasteiger partial charge in [0, 0.05) is 0 Å². The van der Waals surface area contributed by atoms with Crippen molar-refractivity contribution >= 4 is 23.2 Å². The minimum Gasteiger partial charge on any atom is -0.479 e. The highest BCUT2D eigenvalue weighted by Gasteiger charge is 2.14. The van der Waals surface area contributed by atoms with Gasteiger partial charge in [-0.1, -0.05) is 0 Å². The molecule has 1 heterocycles. The average Bonchev–Trinajstić information content (AvgIpc) is 2.66. The van der Waals surface area contributed by atoms with Crippen LogP contribution in [0.25, 0.3) is 0 Å². The Morgan fingerprint density at radius 3 is 2.80 bits per heavy atom. The van der Waals surface area contributed by atoms with Gasteiger partial charge in [-0.25, -0.2) is 4.79 Å². The Kier molecular flexibility index (Phi) is 4.26. The van der Waals surface area contributed by atoms with E-state index in [2.05, 4.69) is 5.32 Å². The minimum atomic E-state index is -1.54. The standard InChI is InChI=1S/C9H11NO4S/c11-7(9(13)14)4-10-8(12)3-6-1-2-15-5-6/h1-2,5,7,11H,3-4H2,(H,10,12)(H,13,14). The highest BCUT2D eigenvalue weighted by atomic mass is 32.1. The SMILES string of the molecule is O=C(Cc1ccsc1)NCC(O)C(=O)O. The molecule has 3 N–H and O–H groups in total. The lowest BCUT2D eigenvalue weighted by Crippen LogP contribution is -2.37. The highest BCUT2D eigenvalue weighted by molar-refractivity contribution is 7.07. The fourth-order valence-electron chi connectivity index (χ4n) is 0.939. The molecule has 1 aromatic heterocycles. The van der Waals surface area contributed by atoms with E-state index in [9.17, 15) is 9.59 Å². The second kappa shape index (κ2) is 5.47. The third-order valence-corrected chi connectivity index (χ3v) is 2.45. The summed E-state index contributed by atoms with van der Waals surface area (Å²) in [4.78, 5) is 21.5. The van der Waals surface area contributed by atoms with Crippen LogP contribution in [-0.4, -0.2) is 34.7 Å². The molecule has 6 heteroatoms. The van der Waals surface area contributed by atoms with Crippen LogP contribution in [0.15, 0.2) is 16.8 Å². The van der Waals surface area contributed by atoms with Crippen molar-refractivity contribution < 1.29 is 19.8 Å². The van der Waals surface area contributed by atoms with E-state index in [4.69, 9.17) is 10.2 Å². The molecule has 0 aliphatic heterocycles. The quantitative estimate of drug-likeness (QED) is 0.655. The van der Waals surface area contributed by atoms with Crippen molar-refractivity contribution in [2.75, 3.05) is 6.54 Å². The van der Waals surface area contributed by atoms with E-state index in [0.29, 0.717) is 0 Å². The summed E-state index contributed by atoms with van der Waals surface area (Å²) in [7, 11) is 0. The van der Waals surface area contributed by atoms with Crippen LogP contribution in [0, 0.1) is 0 Å². The zero-order chi connectivity index (χ0) is 11.3. The van der Waals surface area contributed by atoms with E-state index in [1.807, 2.05) is 16.8 Å². The molecule has 0 spiro atoms. The molecule has 1 unspecified atom stereocenters. The number of hydrogen-bond acceptors (Lipinski definition) is 4. The fraction of sp³-hybridized carbons (Fsp3) is 0.333. The van der Waals surface area contributed by atoms with Crippen LogP contribution in [0.1, 0.15) is 5.56 Å². The van der Waals surface area contributed by atoms with Crippen LogP contribution in [0.5, 0.6) is 0 Å². The summed E-state index contributed by atoms with van der Waals surface area (Å²) in [6, 6.07) is 1.82.